The highest BCUT2D eigenvalue weighted by atomic mass is 16.6. The van der Waals surface area contributed by atoms with Gasteiger partial charge in [0.1, 0.15) is 6.04 Å². The van der Waals surface area contributed by atoms with Gasteiger partial charge in [-0.1, -0.05) is 26.0 Å². The van der Waals surface area contributed by atoms with Gasteiger partial charge in [-0.3, -0.25) is 4.79 Å². The molecule has 2 aromatic carbocycles. The Morgan fingerprint density at radius 3 is 2.09 bits per heavy atom. The highest BCUT2D eigenvalue weighted by Gasteiger charge is 2.37. The fourth-order valence-corrected chi connectivity index (χ4v) is 4.44. The zero-order valence-corrected chi connectivity index (χ0v) is 21.3. The maximum Gasteiger partial charge on any atom is 0.328 e. The van der Waals surface area contributed by atoms with Crippen LogP contribution in [0.15, 0.2) is 36.4 Å². The van der Waals surface area contributed by atoms with E-state index in [9.17, 15) is 9.59 Å². The molecule has 1 N–H and O–H groups in total. The van der Waals surface area contributed by atoms with Crippen molar-refractivity contribution in [1.29, 1.82) is 0 Å². The van der Waals surface area contributed by atoms with Crippen LogP contribution in [0.25, 0.3) is 0 Å². The number of benzene rings is 2. The lowest BCUT2D eigenvalue weighted by Crippen LogP contribution is -2.41. The second-order valence-corrected chi connectivity index (χ2v) is 9.01. The molecule has 0 aliphatic carbocycles. The van der Waals surface area contributed by atoms with Gasteiger partial charge in [0.2, 0.25) is 0 Å². The van der Waals surface area contributed by atoms with Crippen molar-refractivity contribution in [2.45, 2.75) is 32.7 Å². The molecule has 35 heavy (non-hydrogen) atoms. The molecule has 1 fully saturated rings. The highest BCUT2D eigenvalue weighted by molar-refractivity contribution is 5.79. The summed E-state index contributed by atoms with van der Waals surface area (Å²) in [5, 5.41) is 2.98. The molecular formula is C27H35NO7. The fraction of sp³-hybridized carbons (Fsp3) is 0.481. The Hall–Kier alpha value is -3.26. The maximum atomic E-state index is 12.6. The summed E-state index contributed by atoms with van der Waals surface area (Å²) in [5.41, 5.74) is 1.94. The summed E-state index contributed by atoms with van der Waals surface area (Å²) in [4.78, 5) is 25.1. The lowest BCUT2D eigenvalue weighted by atomic mass is 9.85. The second kappa shape index (κ2) is 11.9. The molecule has 8 heteroatoms. The number of nitrogens with one attached hydrogen (secondary N) is 1. The van der Waals surface area contributed by atoms with E-state index in [1.807, 2.05) is 44.2 Å². The SMILES string of the molecule is CNC(C(=O)Oc1ccc(C[C@H]2C(=O)OC[C@@H]2Cc2ccc(OC)c(OC)c2)cc1OC)C(C)C. The van der Waals surface area contributed by atoms with E-state index in [1.165, 1.54) is 7.11 Å². The van der Waals surface area contributed by atoms with Gasteiger partial charge in [0.15, 0.2) is 23.0 Å². The van der Waals surface area contributed by atoms with E-state index in [4.69, 9.17) is 23.7 Å². The Morgan fingerprint density at radius 1 is 0.943 bits per heavy atom. The lowest BCUT2D eigenvalue weighted by Gasteiger charge is -2.20. The van der Waals surface area contributed by atoms with E-state index < -0.39 is 6.04 Å². The summed E-state index contributed by atoms with van der Waals surface area (Å²) < 4.78 is 27.2. The number of ether oxygens (including phenoxy) is 5. The van der Waals surface area contributed by atoms with Crippen LogP contribution in [0.3, 0.4) is 0 Å². The van der Waals surface area contributed by atoms with Gasteiger partial charge in [-0.25, -0.2) is 4.79 Å². The minimum absolute atomic E-state index is 0.0199. The molecule has 190 valence electrons. The summed E-state index contributed by atoms with van der Waals surface area (Å²) in [6, 6.07) is 10.7. The average molecular weight is 486 g/mol. The number of carbonyl (C=O) groups excluding carboxylic acids is 2. The first-order valence-electron chi connectivity index (χ1n) is 11.7. The van der Waals surface area contributed by atoms with Gasteiger partial charge in [0.25, 0.3) is 0 Å². The Labute approximate surface area is 206 Å². The quantitative estimate of drug-likeness (QED) is 0.382. The monoisotopic (exact) mass is 485 g/mol. The van der Waals surface area contributed by atoms with Gasteiger partial charge in [-0.05, 0) is 61.2 Å². The largest absolute Gasteiger partial charge is 0.493 e. The molecule has 0 bridgehead atoms. The standard InChI is InChI=1S/C27H35NO7/c1-16(2)25(28-3)27(30)35-22-10-8-18(14-24(22)33-6)12-20-19(15-34-26(20)29)11-17-7-9-21(31-4)23(13-17)32-5/h7-10,13-14,16,19-20,25,28H,11-12,15H2,1-6H3/t19-,20+,25?/m0/s1. The van der Waals surface area contributed by atoms with Gasteiger partial charge in [0.05, 0.1) is 33.9 Å². The van der Waals surface area contributed by atoms with Crippen LogP contribution < -0.4 is 24.3 Å². The molecule has 0 amide bonds. The topological polar surface area (TPSA) is 92.3 Å². The smallest absolute Gasteiger partial charge is 0.328 e. The first kappa shape index (κ1) is 26.3. The highest BCUT2D eigenvalue weighted by Crippen LogP contribution is 2.35. The maximum absolute atomic E-state index is 12.6. The summed E-state index contributed by atoms with van der Waals surface area (Å²) in [7, 11) is 6.45. The van der Waals surface area contributed by atoms with Crippen molar-refractivity contribution in [2.24, 2.45) is 17.8 Å². The third-order valence-corrected chi connectivity index (χ3v) is 6.38. The number of rotatable bonds is 11. The molecule has 1 aliphatic heterocycles. The molecule has 1 heterocycles. The normalized spacial score (nSPS) is 18.2. The third kappa shape index (κ3) is 6.25. The minimum atomic E-state index is -0.426. The molecule has 0 spiro atoms. The predicted molar refractivity (Wildman–Crippen MR) is 131 cm³/mol. The van der Waals surface area contributed by atoms with Crippen molar-refractivity contribution >= 4 is 11.9 Å². The van der Waals surface area contributed by atoms with Gasteiger partial charge >= 0.3 is 11.9 Å². The van der Waals surface area contributed by atoms with Crippen LogP contribution in [0.4, 0.5) is 0 Å². The van der Waals surface area contributed by atoms with Crippen molar-refractivity contribution in [3.8, 4) is 23.0 Å². The summed E-state index contributed by atoms with van der Waals surface area (Å²) in [6.07, 6.45) is 1.16. The van der Waals surface area contributed by atoms with E-state index in [1.54, 1.807) is 27.3 Å². The van der Waals surface area contributed by atoms with Gasteiger partial charge < -0.3 is 29.0 Å². The van der Waals surface area contributed by atoms with Crippen molar-refractivity contribution in [3.05, 3.63) is 47.5 Å². The molecule has 3 atom stereocenters. The number of esters is 2. The zero-order chi connectivity index (χ0) is 25.5. The van der Waals surface area contributed by atoms with Crippen molar-refractivity contribution in [3.63, 3.8) is 0 Å². The first-order chi connectivity index (χ1) is 16.8. The van der Waals surface area contributed by atoms with Crippen molar-refractivity contribution < 1.29 is 33.3 Å². The van der Waals surface area contributed by atoms with Crippen LogP contribution in [-0.4, -0.2) is 53.0 Å². The Bertz CT molecular complexity index is 1040. The molecule has 1 unspecified atom stereocenters. The second-order valence-electron chi connectivity index (χ2n) is 9.01. The molecule has 0 saturated carbocycles. The lowest BCUT2D eigenvalue weighted by molar-refractivity contribution is -0.141. The van der Waals surface area contributed by atoms with Crippen LogP contribution in [0.2, 0.25) is 0 Å². The zero-order valence-electron chi connectivity index (χ0n) is 21.3. The third-order valence-electron chi connectivity index (χ3n) is 6.38. The van der Waals surface area contributed by atoms with Crippen LogP contribution in [-0.2, 0) is 27.2 Å². The van der Waals surface area contributed by atoms with E-state index >= 15 is 0 Å². The van der Waals surface area contributed by atoms with Crippen molar-refractivity contribution in [2.75, 3.05) is 35.0 Å². The Morgan fingerprint density at radius 2 is 1.51 bits per heavy atom. The van der Waals surface area contributed by atoms with E-state index in [0.29, 0.717) is 42.4 Å². The number of cyclic esters (lactones) is 1. The Balaban J connectivity index is 1.74. The molecule has 0 aromatic heterocycles. The van der Waals surface area contributed by atoms with Gasteiger partial charge in [-0.2, -0.15) is 0 Å². The Kier molecular flexibility index (Phi) is 8.98. The van der Waals surface area contributed by atoms with E-state index in [2.05, 4.69) is 5.32 Å². The minimum Gasteiger partial charge on any atom is -0.493 e. The molecule has 1 saturated heterocycles. The predicted octanol–water partition coefficient (Wildman–Crippen LogP) is 3.44. The molecule has 3 rings (SSSR count). The van der Waals surface area contributed by atoms with E-state index in [0.717, 1.165) is 11.1 Å². The van der Waals surface area contributed by atoms with Gasteiger partial charge in [-0.15, -0.1) is 0 Å². The first-order valence-corrected chi connectivity index (χ1v) is 11.7. The summed E-state index contributed by atoms with van der Waals surface area (Å²) in [5.74, 6) is 1.32. The number of likely N-dealkylation sites (N-methyl/N-ethyl adjacent to an activating group) is 1. The van der Waals surface area contributed by atoms with Crippen LogP contribution in [0, 0.1) is 17.8 Å². The molecule has 1 aliphatic rings. The fourth-order valence-electron chi connectivity index (χ4n) is 4.44. The van der Waals surface area contributed by atoms with Crippen LogP contribution in [0.1, 0.15) is 25.0 Å². The van der Waals surface area contributed by atoms with Crippen LogP contribution >= 0.6 is 0 Å². The number of hydrogen-bond donors (Lipinski definition) is 1. The van der Waals surface area contributed by atoms with Crippen LogP contribution in [0.5, 0.6) is 23.0 Å². The average Bonchev–Trinajstić information content (AvgIpc) is 3.18. The summed E-state index contributed by atoms with van der Waals surface area (Å²) in [6.45, 7) is 4.26. The number of methoxy groups -OCH3 is 3. The molecule has 8 nitrogen and oxygen atoms in total. The van der Waals surface area contributed by atoms with Crippen molar-refractivity contribution in [1.82, 2.24) is 5.32 Å². The van der Waals surface area contributed by atoms with Gasteiger partial charge in [0, 0.05) is 5.92 Å². The number of carbonyl (C=O) groups is 2. The summed E-state index contributed by atoms with van der Waals surface area (Å²) >= 11 is 0. The molecule has 2 aromatic rings. The molecular weight excluding hydrogens is 450 g/mol. The van der Waals surface area contributed by atoms with E-state index in [-0.39, 0.29) is 29.7 Å². The molecule has 0 radical (unpaired) electrons. The number of hydrogen-bond acceptors (Lipinski definition) is 8.